The molecule has 1 unspecified atom stereocenters. The third-order valence-electron chi connectivity index (χ3n) is 3.40. The number of imidazole rings is 1. The van der Waals surface area contributed by atoms with Crippen molar-refractivity contribution in [3.8, 4) is 0 Å². The lowest BCUT2D eigenvalue weighted by Gasteiger charge is -2.29. The minimum Gasteiger partial charge on any atom is -0.392 e. The summed E-state index contributed by atoms with van der Waals surface area (Å²) in [6.45, 7) is 0.572. The van der Waals surface area contributed by atoms with Gasteiger partial charge in [-0.1, -0.05) is 0 Å². The Labute approximate surface area is 120 Å². The molecule has 0 aliphatic carbocycles. The van der Waals surface area contributed by atoms with Gasteiger partial charge in [0.1, 0.15) is 0 Å². The Hall–Kier alpha value is -1.16. The Balaban J connectivity index is 2.10. The number of hydrogen-bond acceptors (Lipinski definition) is 6. The number of sulfonamides is 1. The van der Waals surface area contributed by atoms with Crippen LogP contribution in [0.1, 0.15) is 12.8 Å². The lowest BCUT2D eigenvalue weighted by molar-refractivity contribution is 0.108. The number of rotatable bonds is 3. The van der Waals surface area contributed by atoms with Gasteiger partial charge in [0.25, 0.3) is 10.0 Å². The summed E-state index contributed by atoms with van der Waals surface area (Å²) in [6.07, 6.45) is 2.41. The number of aliphatic hydroxyl groups excluding tert-OH is 1. The van der Waals surface area contributed by atoms with Crippen molar-refractivity contribution in [2.24, 2.45) is 0 Å². The summed E-state index contributed by atoms with van der Waals surface area (Å²) < 4.78 is 28.5. The molecule has 3 rings (SSSR count). The maximum Gasteiger partial charge on any atom is 0.262 e. The molecule has 9 heteroatoms. The number of nitrogens with one attached hydrogen (secondary N) is 1. The summed E-state index contributed by atoms with van der Waals surface area (Å²) in [5, 5.41) is 14.5. The van der Waals surface area contributed by atoms with Crippen LogP contribution in [0, 0.1) is 0 Å². The maximum absolute atomic E-state index is 12.8. The van der Waals surface area contributed by atoms with Crippen molar-refractivity contribution in [2.75, 3.05) is 25.5 Å². The Morgan fingerprint density at radius 2 is 2.35 bits per heavy atom. The van der Waals surface area contributed by atoms with E-state index < -0.39 is 16.1 Å². The fraction of sp³-hybridized carbons (Fsp3) is 0.545. The predicted octanol–water partition coefficient (Wildman–Crippen LogP) is 0.583. The van der Waals surface area contributed by atoms with Crippen molar-refractivity contribution in [3.63, 3.8) is 0 Å². The normalized spacial score (nSPS) is 21.4. The Morgan fingerprint density at radius 3 is 3.05 bits per heavy atom. The van der Waals surface area contributed by atoms with Gasteiger partial charge in [0.15, 0.2) is 15.8 Å². The average molecular weight is 316 g/mol. The fourth-order valence-corrected chi connectivity index (χ4v) is 4.98. The molecule has 2 N–H and O–H groups in total. The average Bonchev–Trinajstić information content (AvgIpc) is 2.97. The lowest BCUT2D eigenvalue weighted by Crippen LogP contribution is -2.42. The second-order valence-electron chi connectivity index (χ2n) is 4.73. The molecule has 7 nitrogen and oxygen atoms in total. The third kappa shape index (κ3) is 2.10. The van der Waals surface area contributed by atoms with Crippen LogP contribution in [0.3, 0.4) is 0 Å². The number of thiazole rings is 1. The SMILES string of the molecule is CNc1nc2sccn2c1S(=O)(=O)N1CCCC(O)C1. The molecule has 1 saturated heterocycles. The van der Waals surface area contributed by atoms with Gasteiger partial charge in [-0.25, -0.2) is 13.4 Å². The van der Waals surface area contributed by atoms with Gasteiger partial charge in [-0.05, 0) is 12.8 Å². The van der Waals surface area contributed by atoms with E-state index in [1.54, 1.807) is 23.0 Å². The summed E-state index contributed by atoms with van der Waals surface area (Å²) in [4.78, 5) is 4.90. The zero-order valence-corrected chi connectivity index (χ0v) is 12.6. The zero-order chi connectivity index (χ0) is 14.3. The molecule has 0 saturated carbocycles. The summed E-state index contributed by atoms with van der Waals surface area (Å²) in [5.41, 5.74) is 0. The molecule has 0 spiro atoms. The van der Waals surface area contributed by atoms with Crippen molar-refractivity contribution < 1.29 is 13.5 Å². The second-order valence-corrected chi connectivity index (χ2v) is 7.46. The van der Waals surface area contributed by atoms with Crippen LogP contribution in [0.4, 0.5) is 5.82 Å². The van der Waals surface area contributed by atoms with Crippen molar-refractivity contribution in [2.45, 2.75) is 24.0 Å². The molecule has 0 radical (unpaired) electrons. The van der Waals surface area contributed by atoms with Gasteiger partial charge in [0.2, 0.25) is 0 Å². The van der Waals surface area contributed by atoms with E-state index in [1.165, 1.54) is 15.6 Å². The summed E-state index contributed by atoms with van der Waals surface area (Å²) in [6, 6.07) is 0. The Morgan fingerprint density at radius 1 is 1.55 bits per heavy atom. The summed E-state index contributed by atoms with van der Waals surface area (Å²) >= 11 is 1.38. The lowest BCUT2D eigenvalue weighted by atomic mass is 10.1. The molecule has 1 aliphatic rings. The van der Waals surface area contributed by atoms with E-state index in [4.69, 9.17) is 0 Å². The molecule has 0 aromatic carbocycles. The molecule has 1 fully saturated rings. The van der Waals surface area contributed by atoms with Crippen molar-refractivity contribution in [1.29, 1.82) is 0 Å². The highest BCUT2D eigenvalue weighted by Crippen LogP contribution is 2.29. The van der Waals surface area contributed by atoms with E-state index in [9.17, 15) is 13.5 Å². The molecular formula is C11H16N4O3S2. The van der Waals surface area contributed by atoms with E-state index in [-0.39, 0.29) is 11.6 Å². The molecule has 110 valence electrons. The molecular weight excluding hydrogens is 300 g/mol. The van der Waals surface area contributed by atoms with E-state index in [1.807, 2.05) is 0 Å². The second kappa shape index (κ2) is 4.99. The minimum absolute atomic E-state index is 0.142. The predicted molar refractivity (Wildman–Crippen MR) is 76.6 cm³/mol. The topological polar surface area (TPSA) is 86.9 Å². The van der Waals surface area contributed by atoms with Gasteiger partial charge >= 0.3 is 0 Å². The van der Waals surface area contributed by atoms with Crippen LogP contribution in [0.5, 0.6) is 0 Å². The maximum atomic E-state index is 12.8. The summed E-state index contributed by atoms with van der Waals surface area (Å²) in [7, 11) is -2.02. The Bertz CT molecular complexity index is 721. The molecule has 1 atom stereocenters. The molecule has 0 bridgehead atoms. The van der Waals surface area contributed by atoms with Gasteiger partial charge in [0.05, 0.1) is 6.10 Å². The number of fused-ring (bicyclic) bond motifs is 1. The molecule has 20 heavy (non-hydrogen) atoms. The largest absolute Gasteiger partial charge is 0.392 e. The molecule has 3 heterocycles. The van der Waals surface area contributed by atoms with Crippen LogP contribution in [-0.2, 0) is 10.0 Å². The number of nitrogens with zero attached hydrogens (tertiary/aromatic N) is 3. The van der Waals surface area contributed by atoms with E-state index >= 15 is 0 Å². The van der Waals surface area contributed by atoms with Crippen molar-refractivity contribution >= 4 is 32.1 Å². The van der Waals surface area contributed by atoms with E-state index in [0.29, 0.717) is 30.2 Å². The quantitative estimate of drug-likeness (QED) is 0.865. The zero-order valence-electron chi connectivity index (χ0n) is 11.0. The number of aliphatic hydroxyl groups is 1. The number of anilines is 1. The minimum atomic E-state index is -3.67. The third-order valence-corrected chi connectivity index (χ3v) is 6.05. The van der Waals surface area contributed by atoms with Gasteiger partial charge in [-0.2, -0.15) is 4.31 Å². The first kappa shape index (κ1) is 13.8. The van der Waals surface area contributed by atoms with Gasteiger partial charge in [0, 0.05) is 31.7 Å². The first-order chi connectivity index (χ1) is 9.54. The first-order valence-corrected chi connectivity index (χ1v) is 8.67. The number of hydrogen-bond donors (Lipinski definition) is 2. The fourth-order valence-electron chi connectivity index (χ4n) is 2.44. The first-order valence-electron chi connectivity index (χ1n) is 6.35. The van der Waals surface area contributed by atoms with E-state index in [0.717, 1.165) is 0 Å². The Kier molecular flexibility index (Phi) is 3.44. The van der Waals surface area contributed by atoms with Crippen LogP contribution in [-0.4, -0.2) is 53.5 Å². The molecule has 2 aromatic heterocycles. The highest BCUT2D eigenvalue weighted by Gasteiger charge is 2.34. The van der Waals surface area contributed by atoms with E-state index in [2.05, 4.69) is 10.3 Å². The number of aromatic nitrogens is 2. The standard InChI is InChI=1S/C11H16N4O3S2/c1-12-9-10(15-5-6-19-11(15)13-9)20(17,18)14-4-2-3-8(16)7-14/h5-6,8,12,16H,2-4,7H2,1H3. The van der Waals surface area contributed by atoms with Gasteiger partial charge < -0.3 is 10.4 Å². The highest BCUT2D eigenvalue weighted by atomic mass is 32.2. The number of piperidine rings is 1. The van der Waals surface area contributed by atoms with Crippen molar-refractivity contribution in [3.05, 3.63) is 11.6 Å². The van der Waals surface area contributed by atoms with Gasteiger partial charge in [-0.3, -0.25) is 4.40 Å². The van der Waals surface area contributed by atoms with Crippen LogP contribution in [0.25, 0.3) is 4.96 Å². The summed E-state index contributed by atoms with van der Waals surface area (Å²) in [5.74, 6) is 0.344. The number of β-amino-alcohol motifs (C(OH)–C–C–N with tert-alkyl or cyclic N) is 1. The van der Waals surface area contributed by atoms with Crippen molar-refractivity contribution in [1.82, 2.24) is 13.7 Å². The highest BCUT2D eigenvalue weighted by molar-refractivity contribution is 7.89. The monoisotopic (exact) mass is 316 g/mol. The molecule has 0 amide bonds. The molecule has 2 aromatic rings. The van der Waals surface area contributed by atoms with Crippen LogP contribution < -0.4 is 5.32 Å². The van der Waals surface area contributed by atoms with Crippen LogP contribution in [0.15, 0.2) is 16.6 Å². The van der Waals surface area contributed by atoms with Crippen LogP contribution in [0.2, 0.25) is 0 Å². The van der Waals surface area contributed by atoms with Crippen LogP contribution >= 0.6 is 11.3 Å². The van der Waals surface area contributed by atoms with Gasteiger partial charge in [-0.15, -0.1) is 11.3 Å². The molecule has 1 aliphatic heterocycles. The smallest absolute Gasteiger partial charge is 0.262 e.